The number of nitrogens with zero attached hydrogens (tertiary/aromatic N) is 1. The fourth-order valence-corrected chi connectivity index (χ4v) is 1.66. The van der Waals surface area contributed by atoms with Crippen molar-refractivity contribution >= 4 is 0 Å². The van der Waals surface area contributed by atoms with Gasteiger partial charge in [-0.2, -0.15) is 0 Å². The third-order valence-corrected chi connectivity index (χ3v) is 3.27. The van der Waals surface area contributed by atoms with E-state index in [4.69, 9.17) is 0 Å². The van der Waals surface area contributed by atoms with Gasteiger partial charge in [0.1, 0.15) is 0 Å². The lowest BCUT2D eigenvalue weighted by molar-refractivity contribution is 0.0499. The van der Waals surface area contributed by atoms with Gasteiger partial charge in [-0.3, -0.25) is 4.90 Å². The zero-order chi connectivity index (χ0) is 13.6. The average Bonchev–Trinajstić information content (AvgIpc) is 2.15. The topological polar surface area (TPSA) is 3.24 Å². The summed E-state index contributed by atoms with van der Waals surface area (Å²) in [4.78, 5) is 2.59. The second-order valence-corrected chi connectivity index (χ2v) is 6.38. The van der Waals surface area contributed by atoms with Gasteiger partial charge in [0.15, 0.2) is 0 Å². The Balaban J connectivity index is 0. The molecule has 0 radical (unpaired) electrons. The van der Waals surface area contributed by atoms with E-state index in [0.29, 0.717) is 16.9 Å². The van der Waals surface area contributed by atoms with Gasteiger partial charge in [0, 0.05) is 12.1 Å². The van der Waals surface area contributed by atoms with Crippen LogP contribution in [0.2, 0.25) is 0 Å². The van der Waals surface area contributed by atoms with E-state index < -0.39 is 0 Å². The fraction of sp³-hybridized carbons (Fsp3) is 1.00. The van der Waals surface area contributed by atoms with E-state index >= 15 is 0 Å². The van der Waals surface area contributed by atoms with Gasteiger partial charge >= 0.3 is 0 Å². The monoisotopic (exact) mass is 229 g/mol. The van der Waals surface area contributed by atoms with E-state index in [1.807, 2.05) is 13.8 Å². The van der Waals surface area contributed by atoms with Crippen molar-refractivity contribution in [1.82, 2.24) is 4.90 Å². The highest BCUT2D eigenvalue weighted by Crippen LogP contribution is 2.27. The van der Waals surface area contributed by atoms with Crippen LogP contribution in [0.4, 0.5) is 0 Å². The summed E-state index contributed by atoms with van der Waals surface area (Å²) >= 11 is 0. The second kappa shape index (κ2) is 7.32. The van der Waals surface area contributed by atoms with Crippen LogP contribution in [0.15, 0.2) is 0 Å². The Morgan fingerprint density at radius 2 is 1.31 bits per heavy atom. The van der Waals surface area contributed by atoms with Crippen molar-refractivity contribution in [1.29, 1.82) is 0 Å². The molecule has 0 aliphatic carbocycles. The lowest BCUT2D eigenvalue weighted by Crippen LogP contribution is -2.50. The molecule has 0 rings (SSSR count). The summed E-state index contributed by atoms with van der Waals surface area (Å²) in [5.41, 5.74) is 0.699. The van der Waals surface area contributed by atoms with Crippen LogP contribution in [0.3, 0.4) is 0 Å². The maximum atomic E-state index is 2.59. The molecule has 16 heavy (non-hydrogen) atoms. The van der Waals surface area contributed by atoms with E-state index in [2.05, 4.69) is 60.3 Å². The molecule has 0 aromatic rings. The summed E-state index contributed by atoms with van der Waals surface area (Å²) in [6.07, 6.45) is 0. The first-order valence-electron chi connectivity index (χ1n) is 6.86. The molecule has 0 aromatic carbocycles. The SMILES string of the molecule is CC.CCN(CC(C)(C)C)C(C)(C)C(C)C. The average molecular weight is 229 g/mol. The van der Waals surface area contributed by atoms with Crippen LogP contribution in [0.5, 0.6) is 0 Å². The molecule has 0 bridgehead atoms. The van der Waals surface area contributed by atoms with Crippen LogP contribution >= 0.6 is 0 Å². The predicted octanol–water partition coefficient (Wildman–Crippen LogP) is 4.82. The van der Waals surface area contributed by atoms with E-state index in [0.717, 1.165) is 6.54 Å². The van der Waals surface area contributed by atoms with Crippen LogP contribution in [0, 0.1) is 11.3 Å². The highest BCUT2D eigenvalue weighted by Gasteiger charge is 2.31. The van der Waals surface area contributed by atoms with Gasteiger partial charge in [0.05, 0.1) is 0 Å². The summed E-state index contributed by atoms with van der Waals surface area (Å²) < 4.78 is 0. The highest BCUT2D eigenvalue weighted by atomic mass is 15.2. The maximum Gasteiger partial charge on any atom is 0.0176 e. The van der Waals surface area contributed by atoms with Gasteiger partial charge < -0.3 is 0 Å². The molecule has 0 saturated heterocycles. The van der Waals surface area contributed by atoms with E-state index in [1.54, 1.807) is 0 Å². The predicted molar refractivity (Wildman–Crippen MR) is 77.0 cm³/mol. The van der Waals surface area contributed by atoms with Crippen LogP contribution in [-0.4, -0.2) is 23.5 Å². The normalized spacial score (nSPS) is 12.8. The molecule has 1 heteroatoms. The lowest BCUT2D eigenvalue weighted by Gasteiger charge is -2.44. The molecule has 0 aliphatic rings. The van der Waals surface area contributed by atoms with E-state index in [1.165, 1.54) is 6.54 Å². The molecule has 0 fully saturated rings. The molecule has 0 atom stereocenters. The number of hydrogen-bond donors (Lipinski definition) is 0. The molecule has 0 amide bonds. The molecule has 100 valence electrons. The minimum Gasteiger partial charge on any atom is -0.298 e. The van der Waals surface area contributed by atoms with Crippen molar-refractivity contribution in [2.24, 2.45) is 11.3 Å². The first kappa shape index (κ1) is 18.3. The molecule has 0 aliphatic heterocycles. The molecule has 0 heterocycles. The van der Waals surface area contributed by atoms with Crippen LogP contribution in [0.1, 0.15) is 69.2 Å². The van der Waals surface area contributed by atoms with Gasteiger partial charge in [0.2, 0.25) is 0 Å². The van der Waals surface area contributed by atoms with Crippen molar-refractivity contribution in [2.75, 3.05) is 13.1 Å². The Labute approximate surface area is 105 Å². The standard InChI is InChI=1S/C13H29N.C2H6/c1-9-14(10-12(4,5)6)13(7,8)11(2)3;1-2/h11H,9-10H2,1-8H3;1-2H3. The molecule has 0 saturated carbocycles. The summed E-state index contributed by atoms with van der Waals surface area (Å²) in [7, 11) is 0. The quantitative estimate of drug-likeness (QED) is 0.668. The minimum atomic E-state index is 0.308. The Bertz CT molecular complexity index is 163. The Hall–Kier alpha value is -0.0400. The fourth-order valence-electron chi connectivity index (χ4n) is 1.66. The van der Waals surface area contributed by atoms with Crippen molar-refractivity contribution in [3.05, 3.63) is 0 Å². The van der Waals surface area contributed by atoms with E-state index in [-0.39, 0.29) is 0 Å². The zero-order valence-corrected chi connectivity index (χ0v) is 13.4. The summed E-state index contributed by atoms with van der Waals surface area (Å²) in [6, 6.07) is 0. The molecule has 1 nitrogen and oxygen atoms in total. The Kier molecular flexibility index (Phi) is 8.38. The Morgan fingerprint density at radius 3 is 1.50 bits per heavy atom. The lowest BCUT2D eigenvalue weighted by atomic mass is 9.85. The summed E-state index contributed by atoms with van der Waals surface area (Å²) in [5.74, 6) is 0.699. The van der Waals surface area contributed by atoms with Crippen molar-refractivity contribution in [2.45, 2.75) is 74.8 Å². The number of rotatable bonds is 4. The third kappa shape index (κ3) is 6.52. The van der Waals surface area contributed by atoms with E-state index in [9.17, 15) is 0 Å². The third-order valence-electron chi connectivity index (χ3n) is 3.27. The van der Waals surface area contributed by atoms with Gasteiger partial charge in [-0.1, -0.05) is 55.4 Å². The second-order valence-electron chi connectivity index (χ2n) is 6.38. The largest absolute Gasteiger partial charge is 0.298 e. The summed E-state index contributed by atoms with van der Waals surface area (Å²) in [6.45, 7) is 24.8. The first-order chi connectivity index (χ1) is 7.11. The van der Waals surface area contributed by atoms with Gasteiger partial charge in [0.25, 0.3) is 0 Å². The zero-order valence-electron chi connectivity index (χ0n) is 13.4. The van der Waals surface area contributed by atoms with Crippen molar-refractivity contribution in [3.63, 3.8) is 0 Å². The summed E-state index contributed by atoms with van der Waals surface area (Å²) in [5, 5.41) is 0. The Morgan fingerprint density at radius 1 is 0.938 bits per heavy atom. The molecule has 0 aromatic heterocycles. The maximum absolute atomic E-state index is 2.59. The smallest absolute Gasteiger partial charge is 0.0176 e. The van der Waals surface area contributed by atoms with Gasteiger partial charge in [-0.15, -0.1) is 0 Å². The highest BCUT2D eigenvalue weighted by molar-refractivity contribution is 4.86. The minimum absolute atomic E-state index is 0.308. The molecular weight excluding hydrogens is 194 g/mol. The van der Waals surface area contributed by atoms with Gasteiger partial charge in [-0.05, 0) is 31.7 Å². The number of hydrogen-bond acceptors (Lipinski definition) is 1. The van der Waals surface area contributed by atoms with Crippen molar-refractivity contribution in [3.8, 4) is 0 Å². The first-order valence-corrected chi connectivity index (χ1v) is 6.86. The molecule has 0 unspecified atom stereocenters. The van der Waals surface area contributed by atoms with Crippen LogP contribution < -0.4 is 0 Å². The molecular formula is C15H35N. The van der Waals surface area contributed by atoms with Crippen molar-refractivity contribution < 1.29 is 0 Å². The van der Waals surface area contributed by atoms with Crippen LogP contribution in [0.25, 0.3) is 0 Å². The molecule has 0 N–H and O–H groups in total. The molecule has 0 spiro atoms. The van der Waals surface area contributed by atoms with Gasteiger partial charge in [-0.25, -0.2) is 0 Å². The van der Waals surface area contributed by atoms with Crippen LogP contribution in [-0.2, 0) is 0 Å².